The molecule has 0 saturated heterocycles. The summed E-state index contributed by atoms with van der Waals surface area (Å²) in [5.74, 6) is 0.210. The van der Waals surface area contributed by atoms with Gasteiger partial charge in [-0.05, 0) is 26.2 Å². The van der Waals surface area contributed by atoms with Crippen molar-refractivity contribution in [3.05, 3.63) is 24.0 Å². The van der Waals surface area contributed by atoms with Crippen LogP contribution in [0.5, 0.6) is 5.75 Å². The number of rotatable bonds is 5. The lowest BCUT2D eigenvalue weighted by Gasteiger charge is -2.09. The Morgan fingerprint density at radius 3 is 2.79 bits per heavy atom. The van der Waals surface area contributed by atoms with Gasteiger partial charge in [0.2, 0.25) is 0 Å². The van der Waals surface area contributed by atoms with Gasteiger partial charge in [0.25, 0.3) is 0 Å². The number of hydrogen-bond donors (Lipinski definition) is 2. The Hall–Kier alpha value is -1.13. The highest BCUT2D eigenvalue weighted by molar-refractivity contribution is 5.17. The summed E-state index contributed by atoms with van der Waals surface area (Å²) in [6.45, 7) is 2.70. The van der Waals surface area contributed by atoms with Gasteiger partial charge in [-0.25, -0.2) is 0 Å². The molecule has 0 aliphatic heterocycles. The average Bonchev–Trinajstić information content (AvgIpc) is 2.15. The second kappa shape index (κ2) is 5.57. The third kappa shape index (κ3) is 4.20. The van der Waals surface area contributed by atoms with Crippen LogP contribution < -0.4 is 5.32 Å². The normalized spacial score (nSPS) is 10.8. The minimum absolute atomic E-state index is 0.210. The average molecular weight is 195 g/mol. The SMILES string of the molecule is CN(C)CCNCc1ccc(O)cn1. The van der Waals surface area contributed by atoms with Crippen LogP contribution in [0, 0.1) is 0 Å². The molecule has 0 aliphatic rings. The monoisotopic (exact) mass is 195 g/mol. The van der Waals surface area contributed by atoms with Gasteiger partial charge >= 0.3 is 0 Å². The number of aromatic nitrogens is 1. The van der Waals surface area contributed by atoms with E-state index in [2.05, 4.69) is 15.2 Å². The molecule has 14 heavy (non-hydrogen) atoms. The number of aromatic hydroxyl groups is 1. The topological polar surface area (TPSA) is 48.4 Å². The van der Waals surface area contributed by atoms with E-state index in [0.717, 1.165) is 25.3 Å². The van der Waals surface area contributed by atoms with E-state index in [0.29, 0.717) is 0 Å². The summed E-state index contributed by atoms with van der Waals surface area (Å²) in [6, 6.07) is 3.47. The first-order valence-electron chi connectivity index (χ1n) is 4.68. The van der Waals surface area contributed by atoms with E-state index in [9.17, 15) is 0 Å². The molecule has 0 atom stereocenters. The number of hydrogen-bond acceptors (Lipinski definition) is 4. The minimum atomic E-state index is 0.210. The van der Waals surface area contributed by atoms with E-state index in [1.54, 1.807) is 6.07 Å². The Kier molecular flexibility index (Phi) is 4.35. The molecule has 0 radical (unpaired) electrons. The van der Waals surface area contributed by atoms with Crippen LogP contribution in [-0.4, -0.2) is 42.2 Å². The van der Waals surface area contributed by atoms with Crippen molar-refractivity contribution < 1.29 is 5.11 Å². The summed E-state index contributed by atoms with van der Waals surface area (Å²) in [6.07, 6.45) is 1.46. The van der Waals surface area contributed by atoms with Crippen molar-refractivity contribution in [1.82, 2.24) is 15.2 Å². The Morgan fingerprint density at radius 2 is 2.21 bits per heavy atom. The molecule has 2 N–H and O–H groups in total. The molecule has 0 aromatic carbocycles. The molecule has 1 aromatic rings. The molecule has 4 nitrogen and oxygen atoms in total. The van der Waals surface area contributed by atoms with Gasteiger partial charge in [0.05, 0.1) is 11.9 Å². The van der Waals surface area contributed by atoms with Gasteiger partial charge in [-0.2, -0.15) is 0 Å². The Labute approximate surface area is 84.6 Å². The predicted molar refractivity (Wildman–Crippen MR) is 56.2 cm³/mol. The van der Waals surface area contributed by atoms with Gasteiger partial charge in [-0.15, -0.1) is 0 Å². The number of nitrogens with one attached hydrogen (secondary N) is 1. The zero-order valence-electron chi connectivity index (χ0n) is 8.70. The summed E-state index contributed by atoms with van der Waals surface area (Å²) in [5, 5.41) is 12.3. The fourth-order valence-electron chi connectivity index (χ4n) is 1.04. The Morgan fingerprint density at radius 1 is 1.43 bits per heavy atom. The van der Waals surface area contributed by atoms with Crippen molar-refractivity contribution in [3.8, 4) is 5.75 Å². The highest BCUT2D eigenvalue weighted by Crippen LogP contribution is 2.05. The Bertz CT molecular complexity index is 259. The fraction of sp³-hybridized carbons (Fsp3) is 0.500. The fourth-order valence-corrected chi connectivity index (χ4v) is 1.04. The zero-order chi connectivity index (χ0) is 10.4. The summed E-state index contributed by atoms with van der Waals surface area (Å²) in [5.41, 5.74) is 0.946. The third-order valence-electron chi connectivity index (χ3n) is 1.85. The van der Waals surface area contributed by atoms with Gasteiger partial charge in [-0.1, -0.05) is 0 Å². The molecule has 0 spiro atoms. The van der Waals surface area contributed by atoms with Crippen molar-refractivity contribution >= 4 is 0 Å². The molecule has 0 fully saturated rings. The van der Waals surface area contributed by atoms with Gasteiger partial charge in [0.1, 0.15) is 5.75 Å². The highest BCUT2D eigenvalue weighted by Gasteiger charge is 1.94. The summed E-state index contributed by atoms with van der Waals surface area (Å²) in [4.78, 5) is 6.19. The van der Waals surface area contributed by atoms with Crippen molar-refractivity contribution in [1.29, 1.82) is 0 Å². The van der Waals surface area contributed by atoms with E-state index in [1.807, 2.05) is 20.2 Å². The summed E-state index contributed by atoms with van der Waals surface area (Å²) in [7, 11) is 4.08. The van der Waals surface area contributed by atoms with Crippen LogP contribution in [0.1, 0.15) is 5.69 Å². The molecule has 1 aromatic heterocycles. The predicted octanol–water partition coefficient (Wildman–Crippen LogP) is 0.438. The second-order valence-corrected chi connectivity index (χ2v) is 3.49. The number of pyridine rings is 1. The van der Waals surface area contributed by atoms with Crippen LogP contribution in [0.15, 0.2) is 18.3 Å². The molecule has 0 amide bonds. The number of likely N-dealkylation sites (N-methyl/N-ethyl adjacent to an activating group) is 1. The smallest absolute Gasteiger partial charge is 0.133 e. The first-order valence-corrected chi connectivity index (χ1v) is 4.68. The van der Waals surface area contributed by atoms with Crippen molar-refractivity contribution in [3.63, 3.8) is 0 Å². The first-order chi connectivity index (χ1) is 6.68. The summed E-state index contributed by atoms with van der Waals surface area (Å²) >= 11 is 0. The van der Waals surface area contributed by atoms with Crippen molar-refractivity contribution in [2.75, 3.05) is 27.2 Å². The van der Waals surface area contributed by atoms with Crippen LogP contribution in [0.4, 0.5) is 0 Å². The van der Waals surface area contributed by atoms with Crippen LogP contribution in [0.25, 0.3) is 0 Å². The third-order valence-corrected chi connectivity index (χ3v) is 1.85. The van der Waals surface area contributed by atoms with E-state index in [-0.39, 0.29) is 5.75 Å². The first kappa shape index (κ1) is 10.9. The Balaban J connectivity index is 2.21. The molecule has 1 heterocycles. The van der Waals surface area contributed by atoms with E-state index in [1.165, 1.54) is 6.20 Å². The maximum atomic E-state index is 9.01. The molecule has 78 valence electrons. The molecule has 0 aliphatic carbocycles. The van der Waals surface area contributed by atoms with Crippen LogP contribution in [0.3, 0.4) is 0 Å². The van der Waals surface area contributed by atoms with Gasteiger partial charge in [-0.3, -0.25) is 4.98 Å². The summed E-state index contributed by atoms with van der Waals surface area (Å²) < 4.78 is 0. The highest BCUT2D eigenvalue weighted by atomic mass is 16.3. The van der Waals surface area contributed by atoms with Gasteiger partial charge in [0, 0.05) is 19.6 Å². The zero-order valence-corrected chi connectivity index (χ0v) is 8.70. The lowest BCUT2D eigenvalue weighted by molar-refractivity contribution is 0.399. The molecular formula is C10H17N3O. The lowest BCUT2D eigenvalue weighted by atomic mass is 10.3. The van der Waals surface area contributed by atoms with Crippen LogP contribution >= 0.6 is 0 Å². The number of nitrogens with zero attached hydrogens (tertiary/aromatic N) is 2. The van der Waals surface area contributed by atoms with Gasteiger partial charge < -0.3 is 15.3 Å². The minimum Gasteiger partial charge on any atom is -0.506 e. The molecule has 0 unspecified atom stereocenters. The van der Waals surface area contributed by atoms with Crippen LogP contribution in [-0.2, 0) is 6.54 Å². The largest absolute Gasteiger partial charge is 0.506 e. The van der Waals surface area contributed by atoms with E-state index in [4.69, 9.17) is 5.11 Å². The maximum Gasteiger partial charge on any atom is 0.133 e. The standard InChI is InChI=1S/C10H17N3O/c1-13(2)6-5-11-7-9-3-4-10(14)8-12-9/h3-4,8,11,14H,5-7H2,1-2H3. The molecule has 0 bridgehead atoms. The maximum absolute atomic E-state index is 9.01. The lowest BCUT2D eigenvalue weighted by Crippen LogP contribution is -2.26. The van der Waals surface area contributed by atoms with Crippen molar-refractivity contribution in [2.45, 2.75) is 6.54 Å². The molecule has 1 rings (SSSR count). The molecule has 4 heteroatoms. The molecule has 0 saturated carbocycles. The van der Waals surface area contributed by atoms with Crippen molar-refractivity contribution in [2.24, 2.45) is 0 Å². The van der Waals surface area contributed by atoms with Crippen LogP contribution in [0.2, 0.25) is 0 Å². The molecular weight excluding hydrogens is 178 g/mol. The van der Waals surface area contributed by atoms with E-state index >= 15 is 0 Å². The van der Waals surface area contributed by atoms with Gasteiger partial charge in [0.15, 0.2) is 0 Å². The second-order valence-electron chi connectivity index (χ2n) is 3.49. The quantitative estimate of drug-likeness (QED) is 0.669. The van der Waals surface area contributed by atoms with E-state index < -0.39 is 0 Å².